The van der Waals surface area contributed by atoms with E-state index in [2.05, 4.69) is 4.98 Å². The first-order valence-electron chi connectivity index (χ1n) is 10.1. The lowest BCUT2D eigenvalue weighted by atomic mass is 9.87. The number of methoxy groups -OCH3 is 1. The van der Waals surface area contributed by atoms with Crippen molar-refractivity contribution >= 4 is 12.2 Å². The second-order valence-electron chi connectivity index (χ2n) is 7.80. The number of H-pyrrole nitrogens is 1. The number of ether oxygens (including phenoxy) is 3. The fourth-order valence-electron chi connectivity index (χ4n) is 4.55. The number of nitrogens with one attached hydrogen (secondary N) is 2. The lowest BCUT2D eigenvalue weighted by molar-refractivity contribution is -0.908. The van der Waals surface area contributed by atoms with E-state index in [-0.39, 0.29) is 23.0 Å². The molecule has 2 atom stereocenters. The lowest BCUT2D eigenvalue weighted by Crippen LogP contribution is -3.10. The van der Waals surface area contributed by atoms with Crippen LogP contribution in [0.4, 0.5) is 4.39 Å². The summed E-state index contributed by atoms with van der Waals surface area (Å²) in [5, 5.41) is 11.3. The third-order valence-corrected chi connectivity index (χ3v) is 6.30. The summed E-state index contributed by atoms with van der Waals surface area (Å²) in [6.45, 7) is 0.800. The number of likely N-dealkylation sites (N-methyl/N-ethyl adjacent to an activating group) is 1. The highest BCUT2D eigenvalue weighted by molar-refractivity contribution is 7.71. The summed E-state index contributed by atoms with van der Waals surface area (Å²) >= 11 is 5.31. The van der Waals surface area contributed by atoms with Crippen LogP contribution in [-0.4, -0.2) is 42.2 Å². The Labute approximate surface area is 187 Å². The molecule has 0 bridgehead atoms. The first kappa shape index (κ1) is 20.5. The van der Waals surface area contributed by atoms with Crippen molar-refractivity contribution in [3.8, 4) is 28.8 Å². The molecule has 2 aliphatic rings. The Bertz CT molecular complexity index is 1340. The number of rotatable bonds is 3. The van der Waals surface area contributed by atoms with Crippen molar-refractivity contribution in [3.05, 3.63) is 68.0 Å². The molecule has 0 saturated heterocycles. The summed E-state index contributed by atoms with van der Waals surface area (Å²) in [7, 11) is 3.48. The van der Waals surface area contributed by atoms with Crippen molar-refractivity contribution in [3.63, 3.8) is 0 Å². The number of benzene rings is 2. The molecule has 0 spiro atoms. The number of aromatic hydroxyl groups is 1. The van der Waals surface area contributed by atoms with Gasteiger partial charge in [0.05, 0.1) is 32.0 Å². The van der Waals surface area contributed by atoms with Gasteiger partial charge in [-0.1, -0.05) is 0 Å². The zero-order chi connectivity index (χ0) is 22.6. The van der Waals surface area contributed by atoms with Gasteiger partial charge in [0, 0.05) is 6.42 Å². The molecule has 0 fully saturated rings. The highest BCUT2D eigenvalue weighted by Gasteiger charge is 2.41. The van der Waals surface area contributed by atoms with Gasteiger partial charge in [0.1, 0.15) is 11.4 Å². The minimum Gasteiger partial charge on any atom is -0.494 e. The number of quaternary nitrogens is 1. The first-order chi connectivity index (χ1) is 15.4. The molecule has 3 N–H and O–H groups in total. The molecule has 10 heteroatoms. The fourth-order valence-corrected chi connectivity index (χ4v) is 4.83. The van der Waals surface area contributed by atoms with Gasteiger partial charge >= 0.3 is 0 Å². The molecule has 2 aliphatic heterocycles. The minimum absolute atomic E-state index is 0.00851. The lowest BCUT2D eigenvalue weighted by Gasteiger charge is -2.33. The van der Waals surface area contributed by atoms with Crippen LogP contribution in [0.2, 0.25) is 0 Å². The van der Waals surface area contributed by atoms with Gasteiger partial charge in [-0.25, -0.2) is 4.39 Å². The molecule has 0 saturated carbocycles. The molecule has 166 valence electrons. The molecule has 32 heavy (non-hydrogen) atoms. The van der Waals surface area contributed by atoms with Gasteiger partial charge in [-0.15, -0.1) is 0 Å². The summed E-state index contributed by atoms with van der Waals surface area (Å²) in [4.78, 5) is 16.8. The Kier molecular flexibility index (Phi) is 4.90. The predicted molar refractivity (Wildman–Crippen MR) is 115 cm³/mol. The van der Waals surface area contributed by atoms with Gasteiger partial charge in [-0.3, -0.25) is 14.3 Å². The third-order valence-electron chi connectivity index (χ3n) is 6.01. The van der Waals surface area contributed by atoms with Gasteiger partial charge in [0.15, 0.2) is 22.3 Å². The summed E-state index contributed by atoms with van der Waals surface area (Å²) in [6, 6.07) is 6.83. The van der Waals surface area contributed by atoms with Crippen molar-refractivity contribution in [2.45, 2.75) is 12.5 Å². The Morgan fingerprint density at radius 2 is 2.03 bits per heavy atom. The standard InChI is InChI=1S/C22H20FN3O5S/c1-25-8-7-11-9-14-18(31-10-30-14)19(29-2)15(11)17(25)16-20(27)24-22(32)26(21(16)28)13-5-3-12(23)4-6-13/h3-6,9,17,28H,7-8,10H2,1-2H3,(H,24,27,32)/p+1/t17-/m1/s1. The van der Waals surface area contributed by atoms with E-state index in [4.69, 9.17) is 26.4 Å². The van der Waals surface area contributed by atoms with Crippen LogP contribution in [0.15, 0.2) is 35.1 Å². The minimum atomic E-state index is -0.561. The first-order valence-corrected chi connectivity index (χ1v) is 10.5. The van der Waals surface area contributed by atoms with Gasteiger partial charge in [-0.05, 0) is 48.1 Å². The smallest absolute Gasteiger partial charge is 0.265 e. The Morgan fingerprint density at radius 3 is 2.75 bits per heavy atom. The fraction of sp³-hybridized carbons (Fsp3) is 0.273. The molecule has 0 aliphatic carbocycles. The molecule has 2 aromatic carbocycles. The highest BCUT2D eigenvalue weighted by atomic mass is 32.1. The van der Waals surface area contributed by atoms with E-state index in [1.807, 2.05) is 13.1 Å². The summed E-state index contributed by atoms with van der Waals surface area (Å²) in [6.07, 6.45) is 0.737. The molecule has 3 aromatic rings. The second kappa shape index (κ2) is 7.64. The van der Waals surface area contributed by atoms with E-state index < -0.39 is 17.4 Å². The number of halogens is 1. The van der Waals surface area contributed by atoms with Crippen LogP contribution in [0.1, 0.15) is 22.7 Å². The normalized spacial score (nSPS) is 19.0. The predicted octanol–water partition coefficient (Wildman–Crippen LogP) is 1.64. The highest BCUT2D eigenvalue weighted by Crippen LogP contribution is 2.48. The van der Waals surface area contributed by atoms with Crippen LogP contribution >= 0.6 is 12.2 Å². The van der Waals surface area contributed by atoms with E-state index in [9.17, 15) is 14.3 Å². The van der Waals surface area contributed by atoms with Crippen molar-refractivity contribution in [1.29, 1.82) is 0 Å². The maximum atomic E-state index is 13.5. The zero-order valence-electron chi connectivity index (χ0n) is 17.4. The molecular formula is C22H21FN3O5S+. The summed E-state index contributed by atoms with van der Waals surface area (Å²) < 4.78 is 31.7. The quantitative estimate of drug-likeness (QED) is 0.517. The molecule has 1 unspecified atom stereocenters. The summed E-state index contributed by atoms with van der Waals surface area (Å²) in [5.74, 6) is 0.832. The molecule has 1 aromatic heterocycles. The summed E-state index contributed by atoms with van der Waals surface area (Å²) in [5.41, 5.74) is 1.78. The average Bonchev–Trinajstić information content (AvgIpc) is 3.23. The maximum Gasteiger partial charge on any atom is 0.265 e. The van der Waals surface area contributed by atoms with Crippen LogP contribution < -0.4 is 24.7 Å². The van der Waals surface area contributed by atoms with E-state index in [1.54, 1.807) is 0 Å². The van der Waals surface area contributed by atoms with Crippen LogP contribution in [0.5, 0.6) is 23.1 Å². The topological polar surface area (TPSA) is 90.2 Å². The van der Waals surface area contributed by atoms with E-state index in [0.29, 0.717) is 29.5 Å². The largest absolute Gasteiger partial charge is 0.494 e. The van der Waals surface area contributed by atoms with Gasteiger partial charge in [0.25, 0.3) is 5.56 Å². The van der Waals surface area contributed by atoms with E-state index in [1.165, 1.54) is 35.9 Å². The molecular weight excluding hydrogens is 437 g/mol. The average molecular weight is 458 g/mol. The number of aromatic nitrogens is 2. The van der Waals surface area contributed by atoms with Crippen LogP contribution in [-0.2, 0) is 6.42 Å². The Hall–Kier alpha value is -3.37. The molecule has 0 amide bonds. The van der Waals surface area contributed by atoms with E-state index >= 15 is 0 Å². The van der Waals surface area contributed by atoms with Crippen LogP contribution in [0.3, 0.4) is 0 Å². The molecule has 0 radical (unpaired) electrons. The zero-order valence-corrected chi connectivity index (χ0v) is 18.2. The van der Waals surface area contributed by atoms with Crippen molar-refractivity contribution < 1.29 is 28.6 Å². The second-order valence-corrected chi connectivity index (χ2v) is 8.19. The van der Waals surface area contributed by atoms with Crippen molar-refractivity contribution in [2.75, 3.05) is 27.5 Å². The van der Waals surface area contributed by atoms with Gasteiger partial charge in [0.2, 0.25) is 18.4 Å². The van der Waals surface area contributed by atoms with Crippen molar-refractivity contribution in [1.82, 2.24) is 9.55 Å². The number of nitrogens with zero attached hydrogens (tertiary/aromatic N) is 1. The molecule has 8 nitrogen and oxygen atoms in total. The van der Waals surface area contributed by atoms with Crippen LogP contribution in [0, 0.1) is 10.6 Å². The van der Waals surface area contributed by atoms with Gasteiger partial charge in [-0.2, -0.15) is 0 Å². The Morgan fingerprint density at radius 1 is 1.28 bits per heavy atom. The number of hydrogen-bond acceptors (Lipinski definition) is 6. The van der Waals surface area contributed by atoms with Crippen molar-refractivity contribution in [2.24, 2.45) is 0 Å². The number of fused-ring (bicyclic) bond motifs is 2. The van der Waals surface area contributed by atoms with E-state index in [0.717, 1.165) is 22.4 Å². The maximum absolute atomic E-state index is 13.5. The number of aromatic amines is 1. The van der Waals surface area contributed by atoms with Gasteiger partial charge < -0.3 is 24.2 Å². The van der Waals surface area contributed by atoms with Crippen LogP contribution in [0.25, 0.3) is 5.69 Å². The SMILES string of the molecule is COc1c2c(cc3c1[C@H](c1c(O)n(-c4ccc(F)cc4)c(=S)[nH]c1=O)[NH+](C)CC3)OCO2. The Balaban J connectivity index is 1.78. The molecule has 5 rings (SSSR count). The number of hydrogen-bond donors (Lipinski definition) is 3. The third kappa shape index (κ3) is 3.06. The molecule has 3 heterocycles. The monoisotopic (exact) mass is 458 g/mol.